The van der Waals surface area contributed by atoms with Crippen LogP contribution in [-0.4, -0.2) is 73.2 Å². The van der Waals surface area contributed by atoms with Crippen molar-refractivity contribution in [3.63, 3.8) is 0 Å². The fraction of sp³-hybridized carbons (Fsp3) is 0.621. The zero-order valence-electron chi connectivity index (χ0n) is 24.2. The summed E-state index contributed by atoms with van der Waals surface area (Å²) in [5, 5.41) is 15.0. The predicted octanol–water partition coefficient (Wildman–Crippen LogP) is 3.61. The highest BCUT2D eigenvalue weighted by Gasteiger charge is 2.41. The minimum Gasteiger partial charge on any atom is -0.480 e. The molecule has 3 N–H and O–H groups in total. The van der Waals surface area contributed by atoms with E-state index in [0.29, 0.717) is 0 Å². The minimum atomic E-state index is -1.03. The zero-order chi connectivity index (χ0) is 28.6. The van der Waals surface area contributed by atoms with Crippen LogP contribution in [0.25, 0.3) is 0 Å². The molecule has 0 aliphatic carbocycles. The topological polar surface area (TPSA) is 108 Å². The van der Waals surface area contributed by atoms with E-state index in [1.807, 2.05) is 91.8 Å². The average Bonchev–Trinajstić information content (AvgIpc) is 2.79. The highest BCUT2D eigenvalue weighted by molar-refractivity contribution is 5.91. The van der Waals surface area contributed by atoms with Crippen LogP contribution in [0.5, 0.6) is 0 Å². The van der Waals surface area contributed by atoms with Crippen molar-refractivity contribution in [2.24, 2.45) is 11.3 Å². The van der Waals surface area contributed by atoms with Crippen molar-refractivity contribution in [3.05, 3.63) is 47.5 Å². The molecule has 0 saturated carbocycles. The van der Waals surface area contributed by atoms with Crippen LogP contribution in [0.15, 0.2) is 42.0 Å². The van der Waals surface area contributed by atoms with Crippen molar-refractivity contribution in [2.75, 3.05) is 27.3 Å². The lowest BCUT2D eigenvalue weighted by Gasteiger charge is -2.40. The van der Waals surface area contributed by atoms with Gasteiger partial charge >= 0.3 is 5.97 Å². The van der Waals surface area contributed by atoms with Crippen LogP contribution in [0.2, 0.25) is 0 Å². The van der Waals surface area contributed by atoms with Gasteiger partial charge < -0.3 is 25.4 Å². The van der Waals surface area contributed by atoms with E-state index in [4.69, 9.17) is 9.84 Å². The van der Waals surface area contributed by atoms with Crippen LogP contribution in [0.3, 0.4) is 0 Å². The van der Waals surface area contributed by atoms with Crippen molar-refractivity contribution < 1.29 is 24.2 Å². The first-order valence-electron chi connectivity index (χ1n) is 12.8. The number of likely N-dealkylation sites (N-methyl/N-ethyl adjacent to an activating group) is 2. The number of nitrogens with zero attached hydrogens (tertiary/aromatic N) is 1. The second-order valence-electron chi connectivity index (χ2n) is 11.7. The van der Waals surface area contributed by atoms with Gasteiger partial charge in [-0.05, 0) is 36.4 Å². The smallest absolute Gasteiger partial charge is 0.329 e. The van der Waals surface area contributed by atoms with Gasteiger partial charge in [0.05, 0.1) is 18.7 Å². The van der Waals surface area contributed by atoms with Crippen LogP contribution in [0.1, 0.15) is 61.0 Å². The molecule has 0 aromatic heterocycles. The summed E-state index contributed by atoms with van der Waals surface area (Å²) in [6.07, 6.45) is 1.93. The van der Waals surface area contributed by atoms with E-state index >= 15 is 0 Å². The van der Waals surface area contributed by atoms with Gasteiger partial charge in [-0.1, -0.05) is 84.9 Å². The third-order valence-corrected chi connectivity index (χ3v) is 6.68. The number of carbonyl (C=O) groups excluding carboxylic acids is 2. The number of rotatable bonds is 13. The number of aliphatic carboxylic acids is 1. The Labute approximate surface area is 222 Å². The lowest BCUT2D eigenvalue weighted by Crippen LogP contribution is -2.61. The van der Waals surface area contributed by atoms with E-state index < -0.39 is 28.9 Å². The fourth-order valence-electron chi connectivity index (χ4n) is 4.47. The van der Waals surface area contributed by atoms with Gasteiger partial charge in [0.15, 0.2) is 0 Å². The summed E-state index contributed by atoms with van der Waals surface area (Å²) >= 11 is 0. The third kappa shape index (κ3) is 9.27. The van der Waals surface area contributed by atoms with E-state index in [9.17, 15) is 14.4 Å². The van der Waals surface area contributed by atoms with Crippen molar-refractivity contribution in [3.8, 4) is 0 Å². The van der Waals surface area contributed by atoms with Crippen LogP contribution >= 0.6 is 0 Å². The maximum atomic E-state index is 13.8. The van der Waals surface area contributed by atoms with Gasteiger partial charge in [0, 0.05) is 12.5 Å². The molecule has 208 valence electrons. The number of benzene rings is 1. The summed E-state index contributed by atoms with van der Waals surface area (Å²) in [5.41, 5.74) is 0.788. The Balaban J connectivity index is 3.20. The summed E-state index contributed by atoms with van der Waals surface area (Å²) in [6.45, 7) is 15.5. The fourth-order valence-corrected chi connectivity index (χ4v) is 4.47. The second kappa shape index (κ2) is 13.7. The molecule has 3 atom stereocenters. The van der Waals surface area contributed by atoms with E-state index in [-0.39, 0.29) is 37.0 Å². The Kier molecular flexibility index (Phi) is 12.0. The summed E-state index contributed by atoms with van der Waals surface area (Å²) in [6, 6.07) is 8.26. The first-order valence-corrected chi connectivity index (χ1v) is 12.8. The first kappa shape index (κ1) is 32.3. The van der Waals surface area contributed by atoms with E-state index in [1.165, 1.54) is 0 Å². The molecule has 8 nitrogen and oxygen atoms in total. The Hall–Kier alpha value is -2.71. The van der Waals surface area contributed by atoms with Crippen molar-refractivity contribution >= 4 is 17.8 Å². The quantitative estimate of drug-likeness (QED) is 0.345. The number of carboxylic acids is 1. The average molecular weight is 518 g/mol. The van der Waals surface area contributed by atoms with Gasteiger partial charge in [0.2, 0.25) is 11.8 Å². The molecule has 1 aromatic carbocycles. The molecule has 37 heavy (non-hydrogen) atoms. The first-order chi connectivity index (χ1) is 17.0. The standard InChI is InChI=1S/C29H47N3O5/c1-19(2)22(16-20(3)17-37-18-23(33)34)32(10)27(36)25(28(4,5)6)31-26(35)24(30-9)29(7,8)21-14-12-11-13-15-21/h11-16,19,22,24-25,30H,17-18H2,1-10H3,(H,31,35)(H,33,34)/b20-16+/t22-,24?,25-/m1/s1. The number of nitrogens with one attached hydrogen (secondary N) is 2. The number of hydrogen-bond acceptors (Lipinski definition) is 5. The highest BCUT2D eigenvalue weighted by Crippen LogP contribution is 2.29. The zero-order valence-corrected chi connectivity index (χ0v) is 24.2. The van der Waals surface area contributed by atoms with Gasteiger partial charge in [0.1, 0.15) is 12.6 Å². The molecule has 0 saturated heterocycles. The second-order valence-corrected chi connectivity index (χ2v) is 11.7. The van der Waals surface area contributed by atoms with Crippen LogP contribution in [0, 0.1) is 11.3 Å². The number of hydrogen-bond donors (Lipinski definition) is 3. The van der Waals surface area contributed by atoms with Crippen LogP contribution in [0.4, 0.5) is 0 Å². The van der Waals surface area contributed by atoms with Gasteiger partial charge in [-0.25, -0.2) is 4.79 Å². The number of amides is 2. The van der Waals surface area contributed by atoms with E-state index in [0.717, 1.165) is 11.1 Å². The van der Waals surface area contributed by atoms with Crippen molar-refractivity contribution in [2.45, 2.75) is 78.9 Å². The largest absolute Gasteiger partial charge is 0.480 e. The third-order valence-electron chi connectivity index (χ3n) is 6.68. The van der Waals surface area contributed by atoms with Crippen LogP contribution in [-0.2, 0) is 24.5 Å². The number of carbonyl (C=O) groups is 3. The molecule has 1 rings (SSSR count). The van der Waals surface area contributed by atoms with Gasteiger partial charge in [-0.2, -0.15) is 0 Å². The van der Waals surface area contributed by atoms with E-state index in [2.05, 4.69) is 10.6 Å². The minimum absolute atomic E-state index is 0.0850. The molecule has 1 unspecified atom stereocenters. The summed E-state index contributed by atoms with van der Waals surface area (Å²) in [4.78, 5) is 39.9. The Morgan fingerprint density at radius 1 is 1.03 bits per heavy atom. The molecule has 8 heteroatoms. The summed E-state index contributed by atoms with van der Waals surface area (Å²) in [5.74, 6) is -1.38. The predicted molar refractivity (Wildman–Crippen MR) is 147 cm³/mol. The molecule has 1 aromatic rings. The van der Waals surface area contributed by atoms with Crippen molar-refractivity contribution in [1.29, 1.82) is 0 Å². The van der Waals surface area contributed by atoms with E-state index in [1.54, 1.807) is 19.0 Å². The molecule has 0 fully saturated rings. The van der Waals surface area contributed by atoms with Gasteiger partial charge in [0.25, 0.3) is 0 Å². The normalized spacial score (nSPS) is 15.2. The van der Waals surface area contributed by atoms with Crippen LogP contribution < -0.4 is 10.6 Å². The van der Waals surface area contributed by atoms with Crippen molar-refractivity contribution in [1.82, 2.24) is 15.5 Å². The lowest BCUT2D eigenvalue weighted by molar-refractivity contribution is -0.141. The number of carboxylic acid groups (broad SMARTS) is 1. The highest BCUT2D eigenvalue weighted by atomic mass is 16.5. The Morgan fingerprint density at radius 3 is 2.05 bits per heavy atom. The van der Waals surface area contributed by atoms with Gasteiger partial charge in [-0.15, -0.1) is 0 Å². The Bertz CT molecular complexity index is 935. The SMILES string of the molecule is CNC(C(=O)N[C@H](C(=O)N(C)[C@H](/C=C(\C)COCC(=O)O)C(C)C)C(C)(C)C)C(C)(C)c1ccccc1. The molecule has 0 radical (unpaired) electrons. The molecule has 0 bridgehead atoms. The maximum absolute atomic E-state index is 13.8. The number of ether oxygens (including phenoxy) is 1. The maximum Gasteiger partial charge on any atom is 0.329 e. The summed E-state index contributed by atoms with van der Waals surface area (Å²) < 4.78 is 5.20. The molecule has 0 heterocycles. The summed E-state index contributed by atoms with van der Waals surface area (Å²) in [7, 11) is 3.49. The molecular weight excluding hydrogens is 470 g/mol. The molecular formula is C29H47N3O5. The monoisotopic (exact) mass is 517 g/mol. The van der Waals surface area contributed by atoms with Gasteiger partial charge in [-0.3, -0.25) is 9.59 Å². The molecule has 0 spiro atoms. The lowest BCUT2D eigenvalue weighted by atomic mass is 9.76. The molecule has 2 amide bonds. The molecule has 0 aliphatic heterocycles. The molecule has 0 aliphatic rings. The Morgan fingerprint density at radius 2 is 1.59 bits per heavy atom.